The first kappa shape index (κ1) is 11.1. The second-order valence-electron chi connectivity index (χ2n) is 5.26. The smallest absolute Gasteiger partial charge is 0.128 e. The minimum absolute atomic E-state index is 0.0978. The molecule has 0 amide bonds. The van der Waals surface area contributed by atoms with Gasteiger partial charge >= 0.3 is 0 Å². The van der Waals surface area contributed by atoms with Gasteiger partial charge in [-0.1, -0.05) is 0 Å². The number of nitrogens with zero attached hydrogens (tertiary/aromatic N) is 1. The second-order valence-corrected chi connectivity index (χ2v) is 5.26. The highest BCUT2D eigenvalue weighted by Gasteiger charge is 2.16. The van der Waals surface area contributed by atoms with Crippen molar-refractivity contribution in [3.63, 3.8) is 0 Å². The molecule has 0 fully saturated rings. The van der Waals surface area contributed by atoms with Crippen LogP contribution in [0.2, 0.25) is 0 Å². The number of hydrogen-bond acceptors (Lipinski definition) is 1. The highest BCUT2D eigenvalue weighted by molar-refractivity contribution is 5.87. The SMILES string of the molecule is COc1cc(C)cc2c1ccn2C(C)(C)C. The molecule has 2 nitrogen and oxygen atoms in total. The maximum atomic E-state index is 5.42. The molecule has 2 heteroatoms. The van der Waals surface area contributed by atoms with E-state index in [9.17, 15) is 0 Å². The molecule has 2 aromatic rings. The lowest BCUT2D eigenvalue weighted by Crippen LogP contribution is -2.20. The van der Waals surface area contributed by atoms with Gasteiger partial charge in [-0.3, -0.25) is 0 Å². The molecule has 86 valence electrons. The monoisotopic (exact) mass is 217 g/mol. The summed E-state index contributed by atoms with van der Waals surface area (Å²) in [4.78, 5) is 0. The van der Waals surface area contributed by atoms with E-state index in [1.165, 1.54) is 16.5 Å². The van der Waals surface area contributed by atoms with Crippen molar-refractivity contribution in [3.05, 3.63) is 30.0 Å². The van der Waals surface area contributed by atoms with Gasteiger partial charge in [0, 0.05) is 17.1 Å². The van der Waals surface area contributed by atoms with E-state index >= 15 is 0 Å². The molecular formula is C14H19NO. The zero-order chi connectivity index (χ0) is 11.9. The van der Waals surface area contributed by atoms with E-state index in [0.717, 1.165) is 5.75 Å². The van der Waals surface area contributed by atoms with Crippen LogP contribution in [0.5, 0.6) is 5.75 Å². The van der Waals surface area contributed by atoms with Crippen LogP contribution in [0.3, 0.4) is 0 Å². The first-order chi connectivity index (χ1) is 7.43. The van der Waals surface area contributed by atoms with E-state index in [1.807, 2.05) is 0 Å². The van der Waals surface area contributed by atoms with Crippen molar-refractivity contribution in [2.24, 2.45) is 0 Å². The van der Waals surface area contributed by atoms with Crippen molar-refractivity contribution in [1.29, 1.82) is 0 Å². The maximum Gasteiger partial charge on any atom is 0.128 e. The third-order valence-electron chi connectivity index (χ3n) is 2.86. The van der Waals surface area contributed by atoms with Crippen molar-refractivity contribution < 1.29 is 4.74 Å². The predicted octanol–water partition coefficient (Wildman–Crippen LogP) is 3.71. The van der Waals surface area contributed by atoms with Gasteiger partial charge in [0.05, 0.1) is 12.6 Å². The number of rotatable bonds is 1. The number of aryl methyl sites for hydroxylation is 1. The summed E-state index contributed by atoms with van der Waals surface area (Å²) < 4.78 is 7.71. The third-order valence-corrected chi connectivity index (χ3v) is 2.86. The molecule has 0 radical (unpaired) electrons. The summed E-state index contributed by atoms with van der Waals surface area (Å²) >= 11 is 0. The minimum Gasteiger partial charge on any atom is -0.496 e. The van der Waals surface area contributed by atoms with Crippen LogP contribution in [0.25, 0.3) is 10.9 Å². The largest absolute Gasteiger partial charge is 0.496 e. The zero-order valence-electron chi connectivity index (χ0n) is 10.7. The average molecular weight is 217 g/mol. The van der Waals surface area contributed by atoms with Crippen molar-refractivity contribution in [2.75, 3.05) is 7.11 Å². The van der Waals surface area contributed by atoms with Crippen molar-refractivity contribution in [2.45, 2.75) is 33.2 Å². The lowest BCUT2D eigenvalue weighted by Gasteiger charge is -2.23. The molecule has 1 heterocycles. The number of methoxy groups -OCH3 is 1. The van der Waals surface area contributed by atoms with Crippen LogP contribution >= 0.6 is 0 Å². The average Bonchev–Trinajstić information content (AvgIpc) is 2.58. The molecule has 1 aromatic carbocycles. The lowest BCUT2D eigenvalue weighted by atomic mass is 10.1. The van der Waals surface area contributed by atoms with Gasteiger partial charge < -0.3 is 9.30 Å². The molecule has 1 aromatic heterocycles. The van der Waals surface area contributed by atoms with E-state index in [4.69, 9.17) is 4.74 Å². The fourth-order valence-electron chi connectivity index (χ4n) is 2.10. The standard InChI is InChI=1S/C14H19NO/c1-10-8-12-11(13(9-10)16-5)6-7-15(12)14(2,3)4/h6-9H,1-5H3. The Balaban J connectivity index is 2.77. The van der Waals surface area contributed by atoms with Crippen LogP contribution in [0, 0.1) is 6.92 Å². The molecule has 0 aliphatic rings. The molecule has 0 saturated heterocycles. The van der Waals surface area contributed by atoms with Crippen molar-refractivity contribution in [3.8, 4) is 5.75 Å². The van der Waals surface area contributed by atoms with Crippen LogP contribution in [-0.4, -0.2) is 11.7 Å². The number of fused-ring (bicyclic) bond motifs is 1. The van der Waals surface area contributed by atoms with E-state index in [2.05, 4.69) is 56.7 Å². The fraction of sp³-hybridized carbons (Fsp3) is 0.429. The van der Waals surface area contributed by atoms with Crippen LogP contribution < -0.4 is 4.74 Å². The summed E-state index contributed by atoms with van der Waals surface area (Å²) in [6.45, 7) is 8.73. The maximum absolute atomic E-state index is 5.42. The topological polar surface area (TPSA) is 14.2 Å². The molecule has 0 unspecified atom stereocenters. The molecule has 0 atom stereocenters. The summed E-state index contributed by atoms with van der Waals surface area (Å²) in [5.41, 5.74) is 2.57. The van der Waals surface area contributed by atoms with Gasteiger partial charge in [0.1, 0.15) is 5.75 Å². The van der Waals surface area contributed by atoms with Gasteiger partial charge in [0.25, 0.3) is 0 Å². The number of hydrogen-bond donors (Lipinski definition) is 0. The first-order valence-corrected chi connectivity index (χ1v) is 5.59. The summed E-state index contributed by atoms with van der Waals surface area (Å²) in [7, 11) is 1.72. The third kappa shape index (κ3) is 1.69. The Hall–Kier alpha value is -1.44. The van der Waals surface area contributed by atoms with Gasteiger partial charge in [0.2, 0.25) is 0 Å². The Bertz CT molecular complexity index is 517. The minimum atomic E-state index is 0.0978. The zero-order valence-corrected chi connectivity index (χ0v) is 10.7. The number of aromatic nitrogens is 1. The fourth-order valence-corrected chi connectivity index (χ4v) is 2.10. The summed E-state index contributed by atoms with van der Waals surface area (Å²) in [6, 6.07) is 6.41. The van der Waals surface area contributed by atoms with E-state index in [-0.39, 0.29) is 5.54 Å². The second kappa shape index (κ2) is 3.55. The molecule has 0 N–H and O–H groups in total. The van der Waals surface area contributed by atoms with Gasteiger partial charge in [0.15, 0.2) is 0 Å². The molecule has 2 rings (SSSR count). The van der Waals surface area contributed by atoms with Gasteiger partial charge in [-0.25, -0.2) is 0 Å². The van der Waals surface area contributed by atoms with Crippen LogP contribution in [-0.2, 0) is 5.54 Å². The molecular weight excluding hydrogens is 198 g/mol. The van der Waals surface area contributed by atoms with Crippen molar-refractivity contribution in [1.82, 2.24) is 4.57 Å². The van der Waals surface area contributed by atoms with Crippen LogP contribution in [0.1, 0.15) is 26.3 Å². The molecule has 0 saturated carbocycles. The van der Waals surface area contributed by atoms with Gasteiger partial charge in [-0.2, -0.15) is 0 Å². The molecule has 16 heavy (non-hydrogen) atoms. The number of benzene rings is 1. The molecule has 0 spiro atoms. The van der Waals surface area contributed by atoms with E-state index in [0.29, 0.717) is 0 Å². The Labute approximate surface area is 96.8 Å². The van der Waals surface area contributed by atoms with Crippen molar-refractivity contribution >= 4 is 10.9 Å². The Morgan fingerprint density at radius 2 is 1.88 bits per heavy atom. The van der Waals surface area contributed by atoms with E-state index < -0.39 is 0 Å². The highest BCUT2D eigenvalue weighted by Crippen LogP contribution is 2.31. The van der Waals surface area contributed by atoms with Gasteiger partial charge in [-0.15, -0.1) is 0 Å². The normalized spacial score (nSPS) is 12.1. The molecule has 0 aliphatic carbocycles. The summed E-state index contributed by atoms with van der Waals surface area (Å²) in [6.07, 6.45) is 2.13. The lowest BCUT2D eigenvalue weighted by molar-refractivity contribution is 0.409. The quantitative estimate of drug-likeness (QED) is 0.710. The Morgan fingerprint density at radius 3 is 2.44 bits per heavy atom. The van der Waals surface area contributed by atoms with Crippen LogP contribution in [0.15, 0.2) is 24.4 Å². The first-order valence-electron chi connectivity index (χ1n) is 5.59. The molecule has 0 bridgehead atoms. The predicted molar refractivity (Wildman–Crippen MR) is 68.2 cm³/mol. The Morgan fingerprint density at radius 1 is 1.19 bits per heavy atom. The summed E-state index contributed by atoms with van der Waals surface area (Å²) in [5, 5.41) is 1.18. The van der Waals surface area contributed by atoms with Gasteiger partial charge in [-0.05, 0) is 51.5 Å². The summed E-state index contributed by atoms with van der Waals surface area (Å²) in [5.74, 6) is 0.956. The van der Waals surface area contributed by atoms with E-state index in [1.54, 1.807) is 7.11 Å². The molecule has 0 aliphatic heterocycles. The van der Waals surface area contributed by atoms with Crippen LogP contribution in [0.4, 0.5) is 0 Å². The Kier molecular flexibility index (Phi) is 2.45. The number of ether oxygens (including phenoxy) is 1. The highest BCUT2D eigenvalue weighted by atomic mass is 16.5.